The van der Waals surface area contributed by atoms with E-state index < -0.39 is 0 Å². The summed E-state index contributed by atoms with van der Waals surface area (Å²) in [5.74, 6) is 0.321. The quantitative estimate of drug-likeness (QED) is 0.684. The first-order valence-electron chi connectivity index (χ1n) is 3.18. The number of nitrogens with one attached hydrogen (secondary N) is 2. The van der Waals surface area contributed by atoms with Crippen LogP contribution in [0.15, 0.2) is 12.4 Å². The molecule has 0 aliphatic rings. The number of carbonyl (C=O) groups is 1. The van der Waals surface area contributed by atoms with Crippen molar-refractivity contribution < 1.29 is 4.79 Å². The summed E-state index contributed by atoms with van der Waals surface area (Å²) < 4.78 is 0. The van der Waals surface area contributed by atoms with Crippen molar-refractivity contribution >= 4 is 23.4 Å². The minimum atomic E-state index is -0.355. The second-order valence-corrected chi connectivity index (χ2v) is 2.32. The fraction of sp³-hybridized carbons (Fsp3) is 0.167. The highest BCUT2D eigenvalue weighted by Crippen LogP contribution is 2.05. The summed E-state index contributed by atoms with van der Waals surface area (Å²) in [6.07, 6.45) is 2.79. The van der Waals surface area contributed by atoms with Gasteiger partial charge in [0.05, 0.1) is 12.4 Å². The van der Waals surface area contributed by atoms with E-state index in [0.29, 0.717) is 5.82 Å². The first-order valence-corrected chi connectivity index (χ1v) is 3.56. The largest absolute Gasteiger partial charge is 0.341 e. The van der Waals surface area contributed by atoms with Crippen LogP contribution in [0.4, 0.5) is 10.6 Å². The fourth-order valence-electron chi connectivity index (χ4n) is 0.581. The number of halogens is 1. The van der Waals surface area contributed by atoms with Gasteiger partial charge in [0.2, 0.25) is 0 Å². The van der Waals surface area contributed by atoms with Gasteiger partial charge in [0, 0.05) is 7.05 Å². The maximum absolute atomic E-state index is 10.8. The number of hydrogen-bond acceptors (Lipinski definition) is 3. The molecular formula is C6H7ClN4O. The molecule has 12 heavy (non-hydrogen) atoms. The predicted octanol–water partition coefficient (Wildman–Crippen LogP) is 0.881. The molecule has 1 aromatic rings. The van der Waals surface area contributed by atoms with Crippen LogP contribution in [0.1, 0.15) is 0 Å². The molecule has 5 nitrogen and oxygen atoms in total. The molecule has 0 aliphatic heterocycles. The van der Waals surface area contributed by atoms with Crippen molar-refractivity contribution in [3.63, 3.8) is 0 Å². The van der Waals surface area contributed by atoms with E-state index in [9.17, 15) is 4.79 Å². The molecule has 0 radical (unpaired) electrons. The topological polar surface area (TPSA) is 66.9 Å². The van der Waals surface area contributed by atoms with Gasteiger partial charge >= 0.3 is 6.03 Å². The Labute approximate surface area is 74.2 Å². The minimum Gasteiger partial charge on any atom is -0.341 e. The van der Waals surface area contributed by atoms with Crippen molar-refractivity contribution in [1.82, 2.24) is 15.3 Å². The number of rotatable bonds is 1. The molecule has 0 spiro atoms. The van der Waals surface area contributed by atoms with Crippen LogP contribution >= 0.6 is 11.6 Å². The number of anilines is 1. The van der Waals surface area contributed by atoms with Crippen LogP contribution in [0.2, 0.25) is 5.15 Å². The lowest BCUT2D eigenvalue weighted by Gasteiger charge is -2.01. The van der Waals surface area contributed by atoms with Gasteiger partial charge in [-0.15, -0.1) is 0 Å². The van der Waals surface area contributed by atoms with E-state index in [4.69, 9.17) is 11.6 Å². The Balaban J connectivity index is 2.69. The summed E-state index contributed by atoms with van der Waals surface area (Å²) in [5.41, 5.74) is 0. The van der Waals surface area contributed by atoms with Gasteiger partial charge in [0.25, 0.3) is 0 Å². The van der Waals surface area contributed by atoms with Gasteiger partial charge in [-0.3, -0.25) is 10.3 Å². The van der Waals surface area contributed by atoms with Crippen LogP contribution in [-0.2, 0) is 0 Å². The molecule has 2 N–H and O–H groups in total. The van der Waals surface area contributed by atoms with Crippen molar-refractivity contribution in [2.45, 2.75) is 0 Å². The van der Waals surface area contributed by atoms with Gasteiger partial charge in [0.1, 0.15) is 5.15 Å². The Hall–Kier alpha value is -1.36. The van der Waals surface area contributed by atoms with E-state index in [1.165, 1.54) is 19.4 Å². The molecule has 6 heteroatoms. The Morgan fingerprint density at radius 2 is 2.33 bits per heavy atom. The molecule has 0 atom stereocenters. The van der Waals surface area contributed by atoms with Gasteiger partial charge in [-0.05, 0) is 0 Å². The molecule has 1 heterocycles. The van der Waals surface area contributed by atoms with Crippen LogP contribution in [0.3, 0.4) is 0 Å². The molecule has 1 rings (SSSR count). The minimum absolute atomic E-state index is 0.240. The third kappa shape index (κ3) is 2.35. The van der Waals surface area contributed by atoms with Gasteiger partial charge in [-0.25, -0.2) is 9.78 Å². The highest BCUT2D eigenvalue weighted by molar-refractivity contribution is 6.29. The third-order valence-electron chi connectivity index (χ3n) is 1.07. The molecule has 0 saturated heterocycles. The number of urea groups is 1. The van der Waals surface area contributed by atoms with Gasteiger partial charge in [0.15, 0.2) is 5.82 Å². The Bertz CT molecular complexity index is 291. The molecule has 0 aromatic carbocycles. The fourth-order valence-corrected chi connectivity index (χ4v) is 0.729. The van der Waals surface area contributed by atoms with Crippen molar-refractivity contribution in [3.8, 4) is 0 Å². The zero-order valence-electron chi connectivity index (χ0n) is 6.34. The average molecular weight is 187 g/mol. The van der Waals surface area contributed by atoms with Gasteiger partial charge < -0.3 is 5.32 Å². The van der Waals surface area contributed by atoms with E-state index >= 15 is 0 Å². The lowest BCUT2D eigenvalue weighted by atomic mass is 10.6. The normalized spacial score (nSPS) is 9.17. The highest BCUT2D eigenvalue weighted by Gasteiger charge is 1.99. The first kappa shape index (κ1) is 8.73. The summed E-state index contributed by atoms with van der Waals surface area (Å²) >= 11 is 5.53. The summed E-state index contributed by atoms with van der Waals surface area (Å²) in [5, 5.41) is 5.04. The molecule has 0 fully saturated rings. The van der Waals surface area contributed by atoms with Crippen LogP contribution in [0, 0.1) is 0 Å². The van der Waals surface area contributed by atoms with Crippen molar-refractivity contribution in [1.29, 1.82) is 0 Å². The van der Waals surface area contributed by atoms with E-state index in [0.717, 1.165) is 0 Å². The third-order valence-corrected chi connectivity index (χ3v) is 1.26. The predicted molar refractivity (Wildman–Crippen MR) is 45.1 cm³/mol. The summed E-state index contributed by atoms with van der Waals surface area (Å²) in [4.78, 5) is 18.3. The van der Waals surface area contributed by atoms with Crippen LogP contribution in [-0.4, -0.2) is 23.0 Å². The Kier molecular flexibility index (Phi) is 2.82. The molecule has 0 saturated carbocycles. The van der Waals surface area contributed by atoms with Crippen molar-refractivity contribution in [2.75, 3.05) is 12.4 Å². The number of carbonyl (C=O) groups excluding carboxylic acids is 1. The molecule has 2 amide bonds. The SMILES string of the molecule is CNC(=O)Nc1cncc(Cl)n1. The molecule has 0 aliphatic carbocycles. The maximum Gasteiger partial charge on any atom is 0.320 e. The Morgan fingerprint density at radius 1 is 1.58 bits per heavy atom. The van der Waals surface area contributed by atoms with E-state index in [1.807, 2.05) is 0 Å². The number of hydrogen-bond donors (Lipinski definition) is 2. The molecular weight excluding hydrogens is 180 g/mol. The number of amides is 2. The Morgan fingerprint density at radius 3 is 2.92 bits per heavy atom. The summed E-state index contributed by atoms with van der Waals surface area (Å²) in [6.45, 7) is 0. The second kappa shape index (κ2) is 3.87. The lowest BCUT2D eigenvalue weighted by Crippen LogP contribution is -2.25. The van der Waals surface area contributed by atoms with Crippen LogP contribution in [0.5, 0.6) is 0 Å². The van der Waals surface area contributed by atoms with E-state index in [1.54, 1.807) is 0 Å². The first-order chi connectivity index (χ1) is 5.72. The monoisotopic (exact) mass is 186 g/mol. The molecule has 64 valence electrons. The summed E-state index contributed by atoms with van der Waals surface area (Å²) in [7, 11) is 1.51. The lowest BCUT2D eigenvalue weighted by molar-refractivity contribution is 0.254. The van der Waals surface area contributed by atoms with Crippen molar-refractivity contribution in [2.24, 2.45) is 0 Å². The van der Waals surface area contributed by atoms with Gasteiger partial charge in [-0.2, -0.15) is 0 Å². The number of nitrogens with zero attached hydrogens (tertiary/aromatic N) is 2. The maximum atomic E-state index is 10.8. The van der Waals surface area contributed by atoms with E-state index in [2.05, 4.69) is 20.6 Å². The zero-order valence-corrected chi connectivity index (χ0v) is 7.09. The smallest absolute Gasteiger partial charge is 0.320 e. The summed E-state index contributed by atoms with van der Waals surface area (Å²) in [6, 6.07) is -0.355. The molecule has 1 aromatic heterocycles. The zero-order chi connectivity index (χ0) is 8.97. The highest BCUT2D eigenvalue weighted by atomic mass is 35.5. The standard InChI is InChI=1S/C6H7ClN4O/c1-8-6(12)11-5-3-9-2-4(7)10-5/h2-3H,1H3,(H2,8,10,11,12). The molecule has 0 bridgehead atoms. The van der Waals surface area contributed by atoms with Crippen LogP contribution < -0.4 is 10.6 Å². The van der Waals surface area contributed by atoms with Crippen molar-refractivity contribution in [3.05, 3.63) is 17.5 Å². The van der Waals surface area contributed by atoms with Crippen LogP contribution in [0.25, 0.3) is 0 Å². The molecule has 0 unspecified atom stereocenters. The second-order valence-electron chi connectivity index (χ2n) is 1.93. The van der Waals surface area contributed by atoms with Gasteiger partial charge in [-0.1, -0.05) is 11.6 Å². The average Bonchev–Trinajstić information content (AvgIpc) is 2.04. The number of aromatic nitrogens is 2. The van der Waals surface area contributed by atoms with E-state index in [-0.39, 0.29) is 11.2 Å².